The Balaban J connectivity index is 1.72. The zero-order valence-corrected chi connectivity index (χ0v) is 15.3. The van der Waals surface area contributed by atoms with Crippen molar-refractivity contribution in [1.82, 2.24) is 25.0 Å². The molecule has 2 aromatic carbocycles. The Bertz CT molecular complexity index is 1120. The minimum atomic E-state index is -0.305. The van der Waals surface area contributed by atoms with Crippen molar-refractivity contribution in [3.63, 3.8) is 0 Å². The lowest BCUT2D eigenvalue weighted by Crippen LogP contribution is -2.04. The molecule has 6 nitrogen and oxygen atoms in total. The molecule has 0 aliphatic rings. The van der Waals surface area contributed by atoms with Crippen molar-refractivity contribution >= 4 is 11.8 Å². The highest BCUT2D eigenvalue weighted by Gasteiger charge is 2.16. The average Bonchev–Trinajstić information content (AvgIpc) is 3.12. The third-order valence-electron chi connectivity index (χ3n) is 3.95. The molecule has 0 bridgehead atoms. The van der Waals surface area contributed by atoms with Crippen molar-refractivity contribution in [2.45, 2.75) is 16.7 Å². The highest BCUT2D eigenvalue weighted by Crippen LogP contribution is 2.29. The molecule has 0 aliphatic heterocycles. The second-order valence-electron chi connectivity index (χ2n) is 5.86. The topological polar surface area (TPSA) is 80.3 Å². The normalized spacial score (nSPS) is 10.6. The van der Waals surface area contributed by atoms with E-state index in [2.05, 4.69) is 20.4 Å². The molecule has 0 amide bonds. The monoisotopic (exact) mass is 388 g/mol. The molecule has 0 atom stereocenters. The van der Waals surface area contributed by atoms with Crippen molar-refractivity contribution in [2.24, 2.45) is 0 Å². The number of aromatic nitrogens is 5. The third kappa shape index (κ3) is 3.89. The number of benzene rings is 2. The van der Waals surface area contributed by atoms with Crippen molar-refractivity contribution in [2.75, 3.05) is 0 Å². The Kier molecular flexibility index (Phi) is 5.08. The quantitative estimate of drug-likeness (QED) is 0.515. The van der Waals surface area contributed by atoms with Crippen LogP contribution >= 0.6 is 11.8 Å². The minimum Gasteiger partial charge on any atom is -0.297 e. The third-order valence-corrected chi connectivity index (χ3v) is 4.86. The Morgan fingerprint density at radius 2 is 1.68 bits per heavy atom. The van der Waals surface area contributed by atoms with Gasteiger partial charge in [0.15, 0.2) is 16.7 Å². The SMILES string of the molecule is N#Cc1ccc(Sc2nnc(-c3ccc(F)cc3)n2Cc2ccccc2)nn1. The average molecular weight is 388 g/mol. The first kappa shape index (κ1) is 17.8. The van der Waals surface area contributed by atoms with E-state index in [1.807, 2.05) is 41.0 Å². The van der Waals surface area contributed by atoms with Crippen LogP contribution in [0.1, 0.15) is 11.3 Å². The maximum atomic E-state index is 13.3. The number of hydrogen-bond acceptors (Lipinski definition) is 6. The molecule has 4 aromatic rings. The Morgan fingerprint density at radius 1 is 0.893 bits per heavy atom. The van der Waals surface area contributed by atoms with Crippen LogP contribution in [0.4, 0.5) is 4.39 Å². The number of nitriles is 1. The summed E-state index contributed by atoms with van der Waals surface area (Å²) in [6, 6.07) is 21.4. The van der Waals surface area contributed by atoms with Gasteiger partial charge in [0.2, 0.25) is 0 Å². The van der Waals surface area contributed by atoms with E-state index in [0.717, 1.165) is 11.1 Å². The van der Waals surface area contributed by atoms with Crippen LogP contribution in [0.25, 0.3) is 11.4 Å². The minimum absolute atomic E-state index is 0.252. The maximum Gasteiger partial charge on any atom is 0.198 e. The predicted octanol–water partition coefficient (Wildman–Crippen LogP) is 3.95. The first-order valence-electron chi connectivity index (χ1n) is 8.37. The van der Waals surface area contributed by atoms with Gasteiger partial charge in [-0.05, 0) is 53.7 Å². The molecule has 0 N–H and O–H groups in total. The van der Waals surface area contributed by atoms with Gasteiger partial charge in [-0.3, -0.25) is 4.57 Å². The molecule has 2 aromatic heterocycles. The van der Waals surface area contributed by atoms with Gasteiger partial charge < -0.3 is 0 Å². The van der Waals surface area contributed by atoms with Crippen molar-refractivity contribution in [3.05, 3.63) is 83.8 Å². The van der Waals surface area contributed by atoms with E-state index in [0.29, 0.717) is 22.6 Å². The molecule has 4 rings (SSSR count). The summed E-state index contributed by atoms with van der Waals surface area (Å²) in [5.74, 6) is 0.327. The summed E-state index contributed by atoms with van der Waals surface area (Å²) in [4.78, 5) is 0. The lowest BCUT2D eigenvalue weighted by molar-refractivity contribution is 0.628. The van der Waals surface area contributed by atoms with Gasteiger partial charge in [0.25, 0.3) is 0 Å². The van der Waals surface area contributed by atoms with Crippen LogP contribution in [0.2, 0.25) is 0 Å². The van der Waals surface area contributed by atoms with Crippen LogP contribution in [-0.4, -0.2) is 25.0 Å². The van der Waals surface area contributed by atoms with Gasteiger partial charge in [0, 0.05) is 5.56 Å². The van der Waals surface area contributed by atoms with Crippen LogP contribution in [0.15, 0.2) is 76.9 Å². The Morgan fingerprint density at radius 3 is 2.36 bits per heavy atom. The van der Waals surface area contributed by atoms with Crippen LogP contribution in [0.3, 0.4) is 0 Å². The van der Waals surface area contributed by atoms with Crippen LogP contribution in [0, 0.1) is 17.1 Å². The number of hydrogen-bond donors (Lipinski definition) is 0. The maximum absolute atomic E-state index is 13.3. The number of halogens is 1. The standard InChI is InChI=1S/C20H13FN6S/c21-16-8-6-15(7-9-16)19-25-26-20(27(19)13-14-4-2-1-3-5-14)28-18-11-10-17(12-22)23-24-18/h1-11H,13H2. The summed E-state index contributed by atoms with van der Waals surface area (Å²) >= 11 is 1.30. The summed E-state index contributed by atoms with van der Waals surface area (Å²) in [5.41, 5.74) is 2.10. The zero-order chi connectivity index (χ0) is 19.3. The molecule has 2 heterocycles. The van der Waals surface area contributed by atoms with Crippen molar-refractivity contribution < 1.29 is 4.39 Å². The summed E-state index contributed by atoms with van der Waals surface area (Å²) in [6.45, 7) is 0.548. The summed E-state index contributed by atoms with van der Waals surface area (Å²) in [6.07, 6.45) is 0. The van der Waals surface area contributed by atoms with Gasteiger partial charge in [-0.2, -0.15) is 5.26 Å². The highest BCUT2D eigenvalue weighted by molar-refractivity contribution is 7.99. The first-order chi connectivity index (χ1) is 13.7. The molecule has 0 unspecified atom stereocenters. The van der Waals surface area contributed by atoms with E-state index in [1.54, 1.807) is 24.3 Å². The van der Waals surface area contributed by atoms with E-state index in [4.69, 9.17) is 5.26 Å². The van der Waals surface area contributed by atoms with E-state index >= 15 is 0 Å². The van der Waals surface area contributed by atoms with Crippen LogP contribution < -0.4 is 0 Å². The smallest absolute Gasteiger partial charge is 0.198 e. The molecule has 0 spiro atoms. The molecule has 8 heteroatoms. The van der Waals surface area contributed by atoms with Crippen molar-refractivity contribution in [1.29, 1.82) is 5.26 Å². The van der Waals surface area contributed by atoms with E-state index in [9.17, 15) is 4.39 Å². The largest absolute Gasteiger partial charge is 0.297 e. The zero-order valence-electron chi connectivity index (χ0n) is 14.5. The fraction of sp³-hybridized carbons (Fsp3) is 0.0500. The second-order valence-corrected chi connectivity index (χ2v) is 6.84. The fourth-order valence-corrected chi connectivity index (χ4v) is 3.36. The second kappa shape index (κ2) is 7.98. The fourth-order valence-electron chi connectivity index (χ4n) is 2.61. The molecule has 0 fully saturated rings. The van der Waals surface area contributed by atoms with Gasteiger partial charge in [-0.25, -0.2) is 4.39 Å². The van der Waals surface area contributed by atoms with Gasteiger partial charge >= 0.3 is 0 Å². The van der Waals surface area contributed by atoms with Crippen LogP contribution in [0.5, 0.6) is 0 Å². The van der Waals surface area contributed by atoms with E-state index in [-0.39, 0.29) is 11.5 Å². The van der Waals surface area contributed by atoms with Crippen LogP contribution in [-0.2, 0) is 6.54 Å². The van der Waals surface area contributed by atoms with Gasteiger partial charge in [0.05, 0.1) is 6.54 Å². The molecule has 28 heavy (non-hydrogen) atoms. The van der Waals surface area contributed by atoms with Crippen molar-refractivity contribution in [3.8, 4) is 17.5 Å². The number of rotatable bonds is 5. The van der Waals surface area contributed by atoms with Gasteiger partial charge in [0.1, 0.15) is 16.9 Å². The molecule has 0 aliphatic carbocycles. The van der Waals surface area contributed by atoms with E-state index < -0.39 is 0 Å². The lowest BCUT2D eigenvalue weighted by atomic mass is 10.2. The molecule has 0 saturated heterocycles. The molecular formula is C20H13FN6S. The predicted molar refractivity (Wildman–Crippen MR) is 102 cm³/mol. The molecule has 136 valence electrons. The molecular weight excluding hydrogens is 375 g/mol. The molecule has 0 saturated carbocycles. The van der Waals surface area contributed by atoms with E-state index in [1.165, 1.54) is 23.9 Å². The number of nitrogens with zero attached hydrogens (tertiary/aromatic N) is 6. The van der Waals surface area contributed by atoms with Gasteiger partial charge in [-0.1, -0.05) is 30.3 Å². The van der Waals surface area contributed by atoms with Gasteiger partial charge in [-0.15, -0.1) is 20.4 Å². The molecule has 0 radical (unpaired) electrons. The Hall–Kier alpha value is -3.57. The summed E-state index contributed by atoms with van der Waals surface area (Å²) in [5, 5.41) is 26.6. The Labute approximate surface area is 164 Å². The highest BCUT2D eigenvalue weighted by atomic mass is 32.2. The summed E-state index contributed by atoms with van der Waals surface area (Å²) < 4.78 is 15.3. The first-order valence-corrected chi connectivity index (χ1v) is 9.19. The summed E-state index contributed by atoms with van der Waals surface area (Å²) in [7, 11) is 0. The lowest BCUT2D eigenvalue weighted by Gasteiger charge is -2.10.